The molecule has 6 N–H and O–H groups in total. The van der Waals surface area contributed by atoms with Crippen molar-refractivity contribution >= 4 is 22.9 Å². The number of hydrogen-bond acceptors (Lipinski definition) is 9. The van der Waals surface area contributed by atoms with Gasteiger partial charge in [0.15, 0.2) is 6.23 Å². The van der Waals surface area contributed by atoms with Crippen LogP contribution >= 0.6 is 0 Å². The van der Waals surface area contributed by atoms with Gasteiger partial charge in [-0.15, -0.1) is 0 Å². The van der Waals surface area contributed by atoms with E-state index in [0.717, 1.165) is 16.7 Å². The number of nitrogens with one attached hydrogen (secondary N) is 2. The predicted octanol–water partition coefficient (Wildman–Crippen LogP) is 2.19. The van der Waals surface area contributed by atoms with E-state index in [1.54, 1.807) is 4.57 Å². The van der Waals surface area contributed by atoms with Crippen LogP contribution in [-0.4, -0.2) is 80.6 Å². The average Bonchev–Trinajstić information content (AvgIpc) is 3.53. The zero-order valence-electron chi connectivity index (χ0n) is 23.1. The molecule has 1 fully saturated rings. The molecule has 4 atom stereocenters. The van der Waals surface area contributed by atoms with Crippen LogP contribution in [0.5, 0.6) is 5.75 Å². The molecule has 0 aliphatic carbocycles. The van der Waals surface area contributed by atoms with Crippen LogP contribution in [0.15, 0.2) is 72.8 Å². The second-order valence-corrected chi connectivity index (χ2v) is 10.1. The Kier molecular flexibility index (Phi) is 9.67. The summed E-state index contributed by atoms with van der Waals surface area (Å²) in [6.07, 6.45) is -3.54. The zero-order valence-corrected chi connectivity index (χ0v) is 23.1. The molecule has 11 nitrogen and oxygen atoms in total. The van der Waals surface area contributed by atoms with E-state index >= 15 is 0 Å². The van der Waals surface area contributed by atoms with Gasteiger partial charge < -0.3 is 40.5 Å². The Balaban J connectivity index is 1.36. The smallest absolute Gasteiger partial charge is 0.220 e. The molecule has 11 heteroatoms. The van der Waals surface area contributed by atoms with Gasteiger partial charge in [0.2, 0.25) is 11.9 Å². The third kappa shape index (κ3) is 6.56. The third-order valence-corrected chi connectivity index (χ3v) is 7.19. The third-order valence-electron chi connectivity index (χ3n) is 7.19. The van der Waals surface area contributed by atoms with Crippen LogP contribution in [0.3, 0.4) is 0 Å². The fourth-order valence-corrected chi connectivity index (χ4v) is 5.05. The maximum Gasteiger partial charge on any atom is 0.220 e. The Hall–Kier alpha value is -4.00. The van der Waals surface area contributed by atoms with Crippen LogP contribution in [-0.2, 0) is 16.1 Å². The fraction of sp³-hybridized carbons (Fsp3) is 0.355. The number of imidazole rings is 1. The van der Waals surface area contributed by atoms with Gasteiger partial charge >= 0.3 is 0 Å². The number of benzene rings is 3. The van der Waals surface area contributed by atoms with E-state index in [2.05, 4.69) is 10.6 Å². The van der Waals surface area contributed by atoms with Gasteiger partial charge in [-0.2, -0.15) is 0 Å². The number of para-hydroxylation sites is 2. The molecule has 1 aliphatic heterocycles. The van der Waals surface area contributed by atoms with Gasteiger partial charge in [0, 0.05) is 25.1 Å². The van der Waals surface area contributed by atoms with Crippen LogP contribution in [0.1, 0.15) is 24.6 Å². The number of ether oxygens (including phenoxy) is 2. The van der Waals surface area contributed by atoms with Gasteiger partial charge in [0.25, 0.3) is 0 Å². The van der Waals surface area contributed by atoms with E-state index < -0.39 is 31.1 Å². The molecule has 0 bridgehead atoms. The first-order valence-corrected chi connectivity index (χ1v) is 14.0. The molecular weight excluding hydrogens is 540 g/mol. The molecule has 0 unspecified atom stereocenters. The van der Waals surface area contributed by atoms with Crippen LogP contribution in [0.4, 0.5) is 5.95 Å². The van der Waals surface area contributed by atoms with Gasteiger partial charge in [0.1, 0.15) is 24.1 Å². The van der Waals surface area contributed by atoms with Crippen molar-refractivity contribution in [3.63, 3.8) is 0 Å². The van der Waals surface area contributed by atoms with Crippen molar-refractivity contribution in [3.8, 4) is 16.9 Å². The Morgan fingerprint density at radius 2 is 1.79 bits per heavy atom. The summed E-state index contributed by atoms with van der Waals surface area (Å²) in [7, 11) is 0. The molecule has 4 aromatic rings. The minimum Gasteiger partial charge on any atom is -0.493 e. The molecule has 0 radical (unpaired) electrons. The van der Waals surface area contributed by atoms with Crippen molar-refractivity contribution < 1.29 is 34.7 Å². The van der Waals surface area contributed by atoms with E-state index in [1.807, 2.05) is 72.8 Å². The highest BCUT2D eigenvalue weighted by molar-refractivity contribution is 5.79. The number of rotatable bonds is 13. The highest BCUT2D eigenvalue weighted by atomic mass is 16.6. The maximum atomic E-state index is 11.9. The van der Waals surface area contributed by atoms with E-state index in [4.69, 9.17) is 19.6 Å². The van der Waals surface area contributed by atoms with Gasteiger partial charge in [-0.3, -0.25) is 9.36 Å². The van der Waals surface area contributed by atoms with E-state index in [-0.39, 0.29) is 19.1 Å². The number of anilines is 1. The monoisotopic (exact) mass is 576 g/mol. The van der Waals surface area contributed by atoms with Crippen molar-refractivity contribution in [3.05, 3.63) is 78.4 Å². The number of fused-ring (bicyclic) bond motifs is 1. The van der Waals surface area contributed by atoms with E-state index in [9.17, 15) is 20.1 Å². The normalized spacial score (nSPS) is 20.1. The Morgan fingerprint density at radius 3 is 2.55 bits per heavy atom. The number of amides is 1. The van der Waals surface area contributed by atoms with Gasteiger partial charge in [0.05, 0.1) is 30.9 Å². The summed E-state index contributed by atoms with van der Waals surface area (Å²) < 4.78 is 13.7. The SMILES string of the molecule is O=C(CCCOc1cc(CNc2nc3ccccc3n2[C@@H]2O[C@H](CO)[C@@H](O)[C@H]2O)ccc1-c1ccccc1)NCCO. The lowest BCUT2D eigenvalue weighted by molar-refractivity contribution is -0.121. The second-order valence-electron chi connectivity index (χ2n) is 10.1. The van der Waals surface area contributed by atoms with Crippen molar-refractivity contribution in [1.29, 1.82) is 0 Å². The number of carbonyl (C=O) groups excluding carboxylic acids is 1. The second kappa shape index (κ2) is 13.8. The topological polar surface area (TPSA) is 158 Å². The van der Waals surface area contributed by atoms with Crippen LogP contribution in [0.25, 0.3) is 22.2 Å². The number of aliphatic hydroxyl groups excluding tert-OH is 4. The molecule has 1 aliphatic rings. The zero-order chi connectivity index (χ0) is 29.5. The molecule has 3 aromatic carbocycles. The minimum atomic E-state index is -1.25. The summed E-state index contributed by atoms with van der Waals surface area (Å²) in [5.74, 6) is 0.980. The lowest BCUT2D eigenvalue weighted by Crippen LogP contribution is -2.33. The Morgan fingerprint density at radius 1 is 1.00 bits per heavy atom. The van der Waals surface area contributed by atoms with Gasteiger partial charge in [-0.05, 0) is 35.7 Å². The van der Waals surface area contributed by atoms with E-state index in [0.29, 0.717) is 48.7 Å². The standard InChI is InChI=1S/C31H36N4O7/c36-15-14-32-27(38)11-6-16-41-25-17-20(12-13-22(25)21-7-2-1-3-8-21)18-33-31-34-23-9-4-5-10-24(23)35(31)30-29(40)28(39)26(19-37)42-30/h1-5,7-10,12-13,17,26,28-30,36-37,39-40H,6,11,14-16,18-19H2,(H,32,38)(H,33,34)/t26-,28-,29-,30-/m1/s1. The quantitative estimate of drug-likeness (QED) is 0.131. The number of nitrogens with zero attached hydrogens (tertiary/aromatic N) is 2. The van der Waals surface area contributed by atoms with E-state index in [1.165, 1.54) is 0 Å². The summed E-state index contributed by atoms with van der Waals surface area (Å²) >= 11 is 0. The van der Waals surface area contributed by atoms with Crippen LogP contribution < -0.4 is 15.4 Å². The molecule has 42 heavy (non-hydrogen) atoms. The molecule has 2 heterocycles. The predicted molar refractivity (Wildman–Crippen MR) is 157 cm³/mol. The lowest BCUT2D eigenvalue weighted by atomic mass is 10.0. The number of aromatic nitrogens is 2. The Labute approximate surface area is 243 Å². The van der Waals surface area contributed by atoms with Crippen molar-refractivity contribution in [2.75, 3.05) is 31.7 Å². The first kappa shape index (κ1) is 29.5. The van der Waals surface area contributed by atoms with Crippen molar-refractivity contribution in [2.45, 2.75) is 43.9 Å². The van der Waals surface area contributed by atoms with Crippen molar-refractivity contribution in [2.24, 2.45) is 0 Å². The summed E-state index contributed by atoms with van der Waals surface area (Å²) in [4.78, 5) is 16.6. The first-order chi connectivity index (χ1) is 20.5. The molecule has 1 aromatic heterocycles. The molecule has 1 amide bonds. The molecular formula is C31H36N4O7. The minimum absolute atomic E-state index is 0.0980. The highest BCUT2D eigenvalue weighted by Gasteiger charge is 2.44. The lowest BCUT2D eigenvalue weighted by Gasteiger charge is -2.20. The van der Waals surface area contributed by atoms with Gasteiger partial charge in [-0.1, -0.05) is 54.6 Å². The number of carbonyl (C=O) groups is 1. The van der Waals surface area contributed by atoms with Crippen LogP contribution in [0, 0.1) is 0 Å². The number of aliphatic hydroxyl groups is 4. The molecule has 5 rings (SSSR count). The molecule has 222 valence electrons. The summed E-state index contributed by atoms with van der Waals surface area (Å²) in [6.45, 7) is 0.416. The average molecular weight is 577 g/mol. The van der Waals surface area contributed by atoms with Crippen LogP contribution in [0.2, 0.25) is 0 Å². The summed E-state index contributed by atoms with van der Waals surface area (Å²) in [5, 5.41) is 45.6. The molecule has 0 spiro atoms. The summed E-state index contributed by atoms with van der Waals surface area (Å²) in [5.41, 5.74) is 4.22. The first-order valence-electron chi connectivity index (χ1n) is 14.0. The highest BCUT2D eigenvalue weighted by Crippen LogP contribution is 2.36. The Bertz CT molecular complexity index is 1480. The maximum absolute atomic E-state index is 11.9. The largest absolute Gasteiger partial charge is 0.493 e. The summed E-state index contributed by atoms with van der Waals surface area (Å²) in [6, 6.07) is 23.2. The fourth-order valence-electron chi connectivity index (χ4n) is 5.05. The van der Waals surface area contributed by atoms with Gasteiger partial charge in [-0.25, -0.2) is 4.98 Å². The molecule has 0 saturated carbocycles. The van der Waals surface area contributed by atoms with Crippen molar-refractivity contribution in [1.82, 2.24) is 14.9 Å². The molecule has 1 saturated heterocycles. The number of hydrogen-bond donors (Lipinski definition) is 6.